The van der Waals surface area contributed by atoms with E-state index in [9.17, 15) is 9.59 Å². The average Bonchev–Trinajstić information content (AvgIpc) is 2.19. The first kappa shape index (κ1) is 10.4. The maximum absolute atomic E-state index is 11.3. The lowest BCUT2D eigenvalue weighted by Crippen LogP contribution is -2.40. The molecule has 0 unspecified atom stereocenters. The number of carbonyl (C=O) groups is 2. The lowest BCUT2D eigenvalue weighted by atomic mass is 10.3. The molecular weight excluding hydrogens is 190 g/mol. The molecule has 0 saturated carbocycles. The van der Waals surface area contributed by atoms with Gasteiger partial charge in [-0.05, 0) is 6.92 Å². The zero-order valence-electron chi connectivity index (χ0n) is 7.65. The minimum Gasteiger partial charge on any atom is -0.494 e. The molecule has 0 saturated heterocycles. The Hall–Kier alpha value is -1.72. The highest BCUT2D eigenvalue weighted by molar-refractivity contribution is 5.93. The fourth-order valence-electron chi connectivity index (χ4n) is 0.817. The summed E-state index contributed by atoms with van der Waals surface area (Å²) in [6, 6.07) is -0.950. The molecule has 1 rings (SSSR count). The van der Waals surface area contributed by atoms with Gasteiger partial charge in [-0.1, -0.05) is 0 Å². The zero-order valence-corrected chi connectivity index (χ0v) is 7.65. The SMILES string of the molecule is C[C@H](NC(=O)C1=COCCO1)C(=O)O. The van der Waals surface area contributed by atoms with Gasteiger partial charge in [-0.15, -0.1) is 0 Å². The second-order valence-electron chi connectivity index (χ2n) is 2.73. The van der Waals surface area contributed by atoms with Crippen molar-refractivity contribution in [3.05, 3.63) is 12.0 Å². The van der Waals surface area contributed by atoms with Gasteiger partial charge in [0, 0.05) is 0 Å². The summed E-state index contributed by atoms with van der Waals surface area (Å²) in [5.74, 6) is -1.68. The minimum atomic E-state index is -1.10. The lowest BCUT2D eigenvalue weighted by Gasteiger charge is -2.16. The van der Waals surface area contributed by atoms with E-state index in [0.717, 1.165) is 0 Å². The molecule has 0 bridgehead atoms. The molecule has 0 aliphatic carbocycles. The van der Waals surface area contributed by atoms with Crippen molar-refractivity contribution in [2.24, 2.45) is 0 Å². The Bertz CT molecular complexity index is 273. The number of nitrogens with one attached hydrogen (secondary N) is 1. The van der Waals surface area contributed by atoms with Gasteiger partial charge in [-0.2, -0.15) is 0 Å². The third-order valence-corrected chi connectivity index (χ3v) is 1.59. The minimum absolute atomic E-state index is 0.00403. The normalized spacial score (nSPS) is 17.1. The Labute approximate surface area is 80.5 Å². The van der Waals surface area contributed by atoms with E-state index in [1.54, 1.807) is 0 Å². The summed E-state index contributed by atoms with van der Waals surface area (Å²) < 4.78 is 9.80. The van der Waals surface area contributed by atoms with Crippen molar-refractivity contribution in [3.63, 3.8) is 0 Å². The molecule has 0 radical (unpaired) electrons. The lowest BCUT2D eigenvalue weighted by molar-refractivity contribution is -0.141. The Morgan fingerprint density at radius 3 is 2.79 bits per heavy atom. The largest absolute Gasteiger partial charge is 0.494 e. The number of ether oxygens (including phenoxy) is 2. The third kappa shape index (κ3) is 2.65. The molecule has 0 spiro atoms. The van der Waals surface area contributed by atoms with Crippen molar-refractivity contribution in [3.8, 4) is 0 Å². The summed E-state index contributed by atoms with van der Waals surface area (Å²) in [4.78, 5) is 21.7. The van der Waals surface area contributed by atoms with Crippen LogP contribution in [0.4, 0.5) is 0 Å². The van der Waals surface area contributed by atoms with Crippen LogP contribution in [0.3, 0.4) is 0 Å². The Kier molecular flexibility index (Phi) is 3.33. The standard InChI is InChI=1S/C8H11NO5/c1-5(8(11)12)9-7(10)6-4-13-2-3-14-6/h4-5H,2-3H2,1H3,(H,9,10)(H,11,12)/t5-/m0/s1. The molecule has 0 aromatic rings. The predicted molar refractivity (Wildman–Crippen MR) is 45.2 cm³/mol. The van der Waals surface area contributed by atoms with E-state index >= 15 is 0 Å². The van der Waals surface area contributed by atoms with Crippen LogP contribution >= 0.6 is 0 Å². The number of carboxylic acids is 1. The van der Waals surface area contributed by atoms with Gasteiger partial charge < -0.3 is 19.9 Å². The van der Waals surface area contributed by atoms with Crippen LogP contribution in [0.1, 0.15) is 6.92 Å². The Morgan fingerprint density at radius 1 is 1.57 bits per heavy atom. The molecule has 1 aliphatic rings. The van der Waals surface area contributed by atoms with Crippen molar-refractivity contribution in [1.29, 1.82) is 0 Å². The predicted octanol–water partition coefficient (Wildman–Crippen LogP) is -0.536. The second kappa shape index (κ2) is 4.50. The first-order chi connectivity index (χ1) is 6.61. The van der Waals surface area contributed by atoms with Crippen LogP contribution in [0.2, 0.25) is 0 Å². The summed E-state index contributed by atoms with van der Waals surface area (Å²) in [7, 11) is 0. The molecule has 1 heterocycles. The first-order valence-electron chi connectivity index (χ1n) is 4.09. The second-order valence-corrected chi connectivity index (χ2v) is 2.73. The monoisotopic (exact) mass is 201 g/mol. The number of hydrogen-bond donors (Lipinski definition) is 2. The van der Waals surface area contributed by atoms with Crippen molar-refractivity contribution in [1.82, 2.24) is 5.32 Å². The molecule has 1 aliphatic heterocycles. The van der Waals surface area contributed by atoms with Gasteiger partial charge in [0.1, 0.15) is 25.5 Å². The van der Waals surface area contributed by atoms with Gasteiger partial charge in [0.2, 0.25) is 5.76 Å². The Morgan fingerprint density at radius 2 is 2.29 bits per heavy atom. The molecule has 1 amide bonds. The molecule has 6 nitrogen and oxygen atoms in total. The molecule has 0 aromatic heterocycles. The molecule has 0 fully saturated rings. The van der Waals surface area contributed by atoms with Crippen LogP contribution in [0, 0.1) is 0 Å². The van der Waals surface area contributed by atoms with Crippen molar-refractivity contribution >= 4 is 11.9 Å². The number of aliphatic carboxylic acids is 1. The highest BCUT2D eigenvalue weighted by atomic mass is 16.6. The van der Waals surface area contributed by atoms with E-state index in [1.807, 2.05) is 0 Å². The summed E-state index contributed by atoms with van der Waals surface area (Å²) in [6.45, 7) is 2.05. The molecule has 0 aromatic carbocycles. The summed E-state index contributed by atoms with van der Waals surface area (Å²) >= 11 is 0. The van der Waals surface area contributed by atoms with E-state index in [0.29, 0.717) is 13.2 Å². The van der Waals surface area contributed by atoms with Crippen LogP contribution < -0.4 is 5.32 Å². The van der Waals surface area contributed by atoms with E-state index in [4.69, 9.17) is 14.6 Å². The van der Waals surface area contributed by atoms with Crippen molar-refractivity contribution in [2.75, 3.05) is 13.2 Å². The topological polar surface area (TPSA) is 84.9 Å². The van der Waals surface area contributed by atoms with Crippen LogP contribution in [-0.4, -0.2) is 36.2 Å². The van der Waals surface area contributed by atoms with Crippen molar-refractivity contribution < 1.29 is 24.2 Å². The number of carbonyl (C=O) groups excluding carboxylic acids is 1. The van der Waals surface area contributed by atoms with Gasteiger partial charge in [0.25, 0.3) is 5.91 Å². The highest BCUT2D eigenvalue weighted by Crippen LogP contribution is 2.04. The number of rotatable bonds is 3. The van der Waals surface area contributed by atoms with E-state index in [-0.39, 0.29) is 5.76 Å². The van der Waals surface area contributed by atoms with Crippen LogP contribution in [0.25, 0.3) is 0 Å². The zero-order chi connectivity index (χ0) is 10.6. The van der Waals surface area contributed by atoms with Crippen LogP contribution in [0.15, 0.2) is 12.0 Å². The quantitative estimate of drug-likeness (QED) is 0.640. The smallest absolute Gasteiger partial charge is 0.325 e. The molecule has 2 N–H and O–H groups in total. The maximum Gasteiger partial charge on any atom is 0.325 e. The van der Waals surface area contributed by atoms with Gasteiger partial charge in [0.05, 0.1) is 0 Å². The highest BCUT2D eigenvalue weighted by Gasteiger charge is 2.19. The summed E-state index contributed by atoms with van der Waals surface area (Å²) in [5.41, 5.74) is 0. The van der Waals surface area contributed by atoms with Gasteiger partial charge >= 0.3 is 5.97 Å². The van der Waals surface area contributed by atoms with Crippen molar-refractivity contribution in [2.45, 2.75) is 13.0 Å². The van der Waals surface area contributed by atoms with E-state index < -0.39 is 17.9 Å². The van der Waals surface area contributed by atoms with Gasteiger partial charge in [-0.3, -0.25) is 9.59 Å². The number of amides is 1. The number of carboxylic acid groups (broad SMARTS) is 1. The Balaban J connectivity index is 2.49. The summed E-state index contributed by atoms with van der Waals surface area (Å²) in [5, 5.41) is 10.8. The van der Waals surface area contributed by atoms with Gasteiger partial charge in [-0.25, -0.2) is 0 Å². The maximum atomic E-state index is 11.3. The van der Waals surface area contributed by atoms with E-state index in [2.05, 4.69) is 5.32 Å². The fourth-order valence-corrected chi connectivity index (χ4v) is 0.817. The summed E-state index contributed by atoms with van der Waals surface area (Å²) in [6.07, 6.45) is 1.17. The van der Waals surface area contributed by atoms with Crippen LogP contribution in [0.5, 0.6) is 0 Å². The number of hydrogen-bond acceptors (Lipinski definition) is 4. The molecule has 6 heteroatoms. The average molecular weight is 201 g/mol. The van der Waals surface area contributed by atoms with Gasteiger partial charge in [0.15, 0.2) is 0 Å². The molecule has 78 valence electrons. The van der Waals surface area contributed by atoms with E-state index in [1.165, 1.54) is 13.2 Å². The third-order valence-electron chi connectivity index (χ3n) is 1.59. The first-order valence-corrected chi connectivity index (χ1v) is 4.09. The fraction of sp³-hybridized carbons (Fsp3) is 0.500. The molecule has 14 heavy (non-hydrogen) atoms. The molecule has 1 atom stereocenters. The van der Waals surface area contributed by atoms with Crippen LogP contribution in [-0.2, 0) is 19.1 Å². The molecular formula is C8H11NO5.